The predicted octanol–water partition coefficient (Wildman–Crippen LogP) is 2.57. The Hall–Kier alpha value is -1.71. The minimum atomic E-state index is -0.0439. The molecule has 0 radical (unpaired) electrons. The van der Waals surface area contributed by atoms with E-state index in [4.69, 9.17) is 0 Å². The van der Waals surface area contributed by atoms with Crippen LogP contribution >= 0.6 is 0 Å². The number of urea groups is 1. The van der Waals surface area contributed by atoms with Gasteiger partial charge in [-0.3, -0.25) is 0 Å². The van der Waals surface area contributed by atoms with Gasteiger partial charge in [-0.2, -0.15) is 0 Å². The van der Waals surface area contributed by atoms with Crippen molar-refractivity contribution >= 4 is 6.03 Å². The van der Waals surface area contributed by atoms with Crippen molar-refractivity contribution in [3.8, 4) is 5.75 Å². The third kappa shape index (κ3) is 4.81. The van der Waals surface area contributed by atoms with Gasteiger partial charge in [0.05, 0.1) is 0 Å². The summed E-state index contributed by atoms with van der Waals surface area (Å²) in [5.74, 6) is 0.290. The van der Waals surface area contributed by atoms with Crippen molar-refractivity contribution in [1.29, 1.82) is 0 Å². The van der Waals surface area contributed by atoms with Gasteiger partial charge in [0, 0.05) is 12.6 Å². The molecular formula is C15H22N2O2. The summed E-state index contributed by atoms with van der Waals surface area (Å²) in [6.07, 6.45) is 6.49. The number of aromatic hydroxyl groups is 1. The van der Waals surface area contributed by atoms with Crippen molar-refractivity contribution in [1.82, 2.24) is 10.6 Å². The third-order valence-electron chi connectivity index (χ3n) is 3.55. The molecule has 0 spiro atoms. The maximum absolute atomic E-state index is 11.6. The maximum Gasteiger partial charge on any atom is 0.315 e. The fourth-order valence-corrected chi connectivity index (χ4v) is 2.46. The van der Waals surface area contributed by atoms with Crippen LogP contribution in [-0.2, 0) is 6.42 Å². The lowest BCUT2D eigenvalue weighted by atomic mass is 10.1. The zero-order chi connectivity index (χ0) is 13.5. The number of phenolic OH excluding ortho intramolecular Hbond substituents is 1. The highest BCUT2D eigenvalue weighted by atomic mass is 16.3. The summed E-state index contributed by atoms with van der Waals surface area (Å²) in [6, 6.07) is 7.53. The minimum Gasteiger partial charge on any atom is -0.508 e. The molecule has 1 saturated carbocycles. The molecule has 1 aromatic rings. The van der Waals surface area contributed by atoms with E-state index in [1.165, 1.54) is 18.4 Å². The molecule has 104 valence electrons. The van der Waals surface area contributed by atoms with Crippen LogP contribution < -0.4 is 10.6 Å². The van der Waals surface area contributed by atoms with Gasteiger partial charge in [-0.25, -0.2) is 4.79 Å². The van der Waals surface area contributed by atoms with E-state index in [1.807, 2.05) is 12.1 Å². The van der Waals surface area contributed by atoms with Crippen LogP contribution in [0.2, 0.25) is 0 Å². The lowest BCUT2D eigenvalue weighted by Gasteiger charge is -2.12. The smallest absolute Gasteiger partial charge is 0.315 e. The second kappa shape index (κ2) is 7.02. The topological polar surface area (TPSA) is 61.4 Å². The molecule has 0 heterocycles. The number of nitrogens with one attached hydrogen (secondary N) is 2. The van der Waals surface area contributed by atoms with Crippen molar-refractivity contribution in [3.63, 3.8) is 0 Å². The van der Waals surface area contributed by atoms with Gasteiger partial charge in [-0.05, 0) is 43.4 Å². The van der Waals surface area contributed by atoms with Gasteiger partial charge in [0.2, 0.25) is 0 Å². The molecule has 19 heavy (non-hydrogen) atoms. The van der Waals surface area contributed by atoms with E-state index >= 15 is 0 Å². The number of carbonyl (C=O) groups is 1. The first-order chi connectivity index (χ1) is 9.24. The molecule has 4 nitrogen and oxygen atoms in total. The molecule has 2 rings (SSSR count). The summed E-state index contributed by atoms with van der Waals surface area (Å²) in [4.78, 5) is 11.6. The monoisotopic (exact) mass is 262 g/mol. The van der Waals surface area contributed by atoms with Crippen molar-refractivity contribution in [3.05, 3.63) is 29.8 Å². The van der Waals surface area contributed by atoms with E-state index in [1.54, 1.807) is 12.1 Å². The Kier molecular flexibility index (Phi) is 5.07. The Morgan fingerprint density at radius 1 is 1.21 bits per heavy atom. The fraction of sp³-hybridized carbons (Fsp3) is 0.533. The van der Waals surface area contributed by atoms with Crippen LogP contribution in [0.1, 0.15) is 37.7 Å². The van der Waals surface area contributed by atoms with E-state index in [2.05, 4.69) is 10.6 Å². The predicted molar refractivity (Wildman–Crippen MR) is 75.2 cm³/mol. The van der Waals surface area contributed by atoms with Crippen molar-refractivity contribution in [2.24, 2.45) is 0 Å². The van der Waals surface area contributed by atoms with Crippen LogP contribution in [0.4, 0.5) is 4.79 Å². The van der Waals surface area contributed by atoms with Crippen molar-refractivity contribution in [2.75, 3.05) is 6.54 Å². The van der Waals surface area contributed by atoms with Gasteiger partial charge >= 0.3 is 6.03 Å². The van der Waals surface area contributed by atoms with Crippen LogP contribution in [0.3, 0.4) is 0 Å². The Balaban J connectivity index is 1.58. The maximum atomic E-state index is 11.6. The highest BCUT2D eigenvalue weighted by molar-refractivity contribution is 5.74. The fourth-order valence-electron chi connectivity index (χ4n) is 2.46. The average molecular weight is 262 g/mol. The zero-order valence-electron chi connectivity index (χ0n) is 11.2. The lowest BCUT2D eigenvalue weighted by Crippen LogP contribution is -2.41. The van der Waals surface area contributed by atoms with E-state index < -0.39 is 0 Å². The number of aryl methyl sites for hydroxylation is 1. The molecule has 0 aromatic heterocycles. The van der Waals surface area contributed by atoms with Gasteiger partial charge in [-0.15, -0.1) is 0 Å². The van der Waals surface area contributed by atoms with E-state index in [0.29, 0.717) is 12.6 Å². The molecule has 0 bridgehead atoms. The molecule has 0 aliphatic heterocycles. The third-order valence-corrected chi connectivity index (χ3v) is 3.55. The zero-order valence-corrected chi connectivity index (χ0v) is 11.2. The van der Waals surface area contributed by atoms with Gasteiger partial charge in [-0.1, -0.05) is 25.0 Å². The summed E-state index contributed by atoms with van der Waals surface area (Å²) in [5.41, 5.74) is 1.18. The second-order valence-corrected chi connectivity index (χ2v) is 5.15. The van der Waals surface area contributed by atoms with Crippen LogP contribution in [0.25, 0.3) is 0 Å². The molecule has 1 fully saturated rings. The SMILES string of the molecule is O=C(NCCCc1ccc(O)cc1)NC1CCCC1. The van der Waals surface area contributed by atoms with Gasteiger partial charge in [0.1, 0.15) is 5.75 Å². The van der Waals surface area contributed by atoms with Crippen LogP contribution in [-0.4, -0.2) is 23.7 Å². The molecule has 0 unspecified atom stereocenters. The minimum absolute atomic E-state index is 0.0439. The van der Waals surface area contributed by atoms with Crippen molar-refractivity contribution in [2.45, 2.75) is 44.6 Å². The highest BCUT2D eigenvalue weighted by Crippen LogP contribution is 2.17. The quantitative estimate of drug-likeness (QED) is 0.714. The molecule has 4 heteroatoms. The summed E-state index contributed by atoms with van der Waals surface area (Å²) in [7, 11) is 0. The lowest BCUT2D eigenvalue weighted by molar-refractivity contribution is 0.237. The number of benzene rings is 1. The highest BCUT2D eigenvalue weighted by Gasteiger charge is 2.16. The Morgan fingerprint density at radius 2 is 1.89 bits per heavy atom. The van der Waals surface area contributed by atoms with E-state index in [9.17, 15) is 9.90 Å². The summed E-state index contributed by atoms with van der Waals surface area (Å²) < 4.78 is 0. The molecule has 1 aliphatic carbocycles. The second-order valence-electron chi connectivity index (χ2n) is 5.15. The molecule has 2 amide bonds. The number of phenols is 1. The standard InChI is InChI=1S/C15H22N2O2/c18-14-9-7-12(8-10-14)4-3-11-16-15(19)17-13-5-1-2-6-13/h7-10,13,18H,1-6,11H2,(H2,16,17,19). The first-order valence-electron chi connectivity index (χ1n) is 7.06. The summed E-state index contributed by atoms with van der Waals surface area (Å²) in [5, 5.41) is 15.1. The van der Waals surface area contributed by atoms with Crippen LogP contribution in [0.15, 0.2) is 24.3 Å². The number of rotatable bonds is 5. The van der Waals surface area contributed by atoms with E-state index in [-0.39, 0.29) is 11.8 Å². The molecule has 1 aliphatic rings. The molecule has 0 saturated heterocycles. The van der Waals surface area contributed by atoms with Gasteiger partial charge < -0.3 is 15.7 Å². The number of hydrogen-bond acceptors (Lipinski definition) is 2. The van der Waals surface area contributed by atoms with Crippen molar-refractivity contribution < 1.29 is 9.90 Å². The van der Waals surface area contributed by atoms with Gasteiger partial charge in [0.25, 0.3) is 0 Å². The Labute approximate surface area is 114 Å². The number of hydrogen-bond donors (Lipinski definition) is 3. The average Bonchev–Trinajstić information content (AvgIpc) is 2.89. The van der Waals surface area contributed by atoms with Crippen LogP contribution in [0, 0.1) is 0 Å². The number of amides is 2. The Morgan fingerprint density at radius 3 is 2.58 bits per heavy atom. The number of carbonyl (C=O) groups excluding carboxylic acids is 1. The molecular weight excluding hydrogens is 240 g/mol. The largest absolute Gasteiger partial charge is 0.508 e. The Bertz CT molecular complexity index is 397. The summed E-state index contributed by atoms with van der Waals surface area (Å²) >= 11 is 0. The van der Waals surface area contributed by atoms with Crippen LogP contribution in [0.5, 0.6) is 5.75 Å². The summed E-state index contributed by atoms with van der Waals surface area (Å²) in [6.45, 7) is 0.680. The normalized spacial score (nSPS) is 15.4. The van der Waals surface area contributed by atoms with E-state index in [0.717, 1.165) is 25.7 Å². The van der Waals surface area contributed by atoms with Gasteiger partial charge in [0.15, 0.2) is 0 Å². The molecule has 0 atom stereocenters. The molecule has 3 N–H and O–H groups in total. The first kappa shape index (κ1) is 13.7. The first-order valence-corrected chi connectivity index (χ1v) is 7.06. The molecule has 1 aromatic carbocycles.